The summed E-state index contributed by atoms with van der Waals surface area (Å²) in [5, 5.41) is 190. The molecule has 6 heterocycles. The summed E-state index contributed by atoms with van der Waals surface area (Å²) in [5.41, 5.74) is 0. The van der Waals surface area contributed by atoms with Crippen molar-refractivity contribution in [1.29, 1.82) is 0 Å². The largest absolute Gasteiger partial charge is 0.394 e. The molecule has 440 valence electrons. The fourth-order valence-corrected chi connectivity index (χ4v) is 9.62. The van der Waals surface area contributed by atoms with Gasteiger partial charge in [0.25, 0.3) is 0 Å². The summed E-state index contributed by atoms with van der Waals surface area (Å²) in [5.74, 6) is -2.38. The lowest BCUT2D eigenvalue weighted by atomic mass is 9.94. The van der Waals surface area contributed by atoms with Crippen molar-refractivity contribution in [3.05, 3.63) is 0 Å². The molecule has 3 amide bonds. The van der Waals surface area contributed by atoms with Crippen molar-refractivity contribution in [1.82, 2.24) is 16.0 Å². The number of aliphatic hydroxyl groups excluding tert-OH is 17. The Balaban J connectivity index is 1.28. The van der Waals surface area contributed by atoms with Crippen molar-refractivity contribution < 1.29 is 153 Å². The molecule has 6 aliphatic rings. The average Bonchev–Trinajstić information content (AvgIpc) is 3.37. The first kappa shape index (κ1) is 62.5. The van der Waals surface area contributed by atoms with Gasteiger partial charge in [-0.3, -0.25) is 14.4 Å². The molecule has 0 aromatic heterocycles. The van der Waals surface area contributed by atoms with Gasteiger partial charge in [0.15, 0.2) is 37.7 Å². The van der Waals surface area contributed by atoms with E-state index in [4.69, 9.17) is 52.1 Å². The van der Waals surface area contributed by atoms with Gasteiger partial charge in [-0.05, 0) is 0 Å². The number of hydrogen-bond donors (Lipinski definition) is 20. The monoisotopic (exact) mass is 1110 g/mol. The van der Waals surface area contributed by atoms with Crippen LogP contribution in [-0.2, 0) is 66.5 Å². The zero-order valence-corrected chi connectivity index (χ0v) is 40.9. The maximum Gasteiger partial charge on any atom is 0.217 e. The quantitative estimate of drug-likeness (QED) is 0.0571. The van der Waals surface area contributed by atoms with Crippen molar-refractivity contribution in [3.63, 3.8) is 0 Å². The number of ether oxygens (including phenoxy) is 11. The normalized spacial score (nSPS) is 48.2. The molecule has 6 aliphatic heterocycles. The van der Waals surface area contributed by atoms with E-state index < -0.39 is 241 Å². The first-order chi connectivity index (χ1) is 35.9. The molecule has 6 saturated heterocycles. The molecule has 0 saturated carbocycles. The molecule has 0 radical (unpaired) electrons. The Labute approximate surface area is 431 Å². The smallest absolute Gasteiger partial charge is 0.217 e. The average molecular weight is 1110 g/mol. The van der Waals surface area contributed by atoms with Crippen LogP contribution >= 0.6 is 0 Å². The Morgan fingerprint density at radius 3 is 1.17 bits per heavy atom. The van der Waals surface area contributed by atoms with E-state index in [1.54, 1.807) is 0 Å². The fourth-order valence-electron chi connectivity index (χ4n) is 9.62. The van der Waals surface area contributed by atoms with Crippen LogP contribution in [0.5, 0.6) is 0 Å². The predicted octanol–water partition coefficient (Wildman–Crippen LogP) is -13.7. The number of hydrogen-bond acceptors (Lipinski definition) is 31. The van der Waals surface area contributed by atoms with Crippen LogP contribution in [0.3, 0.4) is 0 Å². The second-order valence-electron chi connectivity index (χ2n) is 19.0. The zero-order valence-electron chi connectivity index (χ0n) is 40.9. The molecular formula is C42H71N3O31. The van der Waals surface area contributed by atoms with Crippen molar-refractivity contribution in [2.24, 2.45) is 0 Å². The van der Waals surface area contributed by atoms with Crippen LogP contribution in [0.1, 0.15) is 20.8 Å². The zero-order chi connectivity index (χ0) is 56.2. The van der Waals surface area contributed by atoms with Gasteiger partial charge in [-0.25, -0.2) is 0 Å². The van der Waals surface area contributed by atoms with Crippen molar-refractivity contribution in [2.45, 2.75) is 205 Å². The third-order valence-corrected chi connectivity index (χ3v) is 13.6. The Morgan fingerprint density at radius 1 is 0.342 bits per heavy atom. The van der Waals surface area contributed by atoms with Crippen LogP contribution in [0, 0.1) is 0 Å². The predicted molar refractivity (Wildman–Crippen MR) is 234 cm³/mol. The van der Waals surface area contributed by atoms with E-state index in [1.165, 1.54) is 0 Å². The highest BCUT2D eigenvalue weighted by Gasteiger charge is 2.58. The summed E-state index contributed by atoms with van der Waals surface area (Å²) in [6.07, 6.45) is -51.4. The highest BCUT2D eigenvalue weighted by Crippen LogP contribution is 2.36. The molecule has 34 nitrogen and oxygen atoms in total. The first-order valence-corrected chi connectivity index (χ1v) is 24.1. The topological polar surface area (TPSA) is 533 Å². The molecule has 0 aliphatic carbocycles. The minimum atomic E-state index is -2.26. The van der Waals surface area contributed by atoms with Gasteiger partial charge in [-0.2, -0.15) is 0 Å². The Bertz CT molecular complexity index is 1870. The van der Waals surface area contributed by atoms with Crippen LogP contribution in [0.15, 0.2) is 0 Å². The Morgan fingerprint density at radius 2 is 0.684 bits per heavy atom. The second-order valence-corrected chi connectivity index (χ2v) is 19.0. The van der Waals surface area contributed by atoms with Gasteiger partial charge in [0.2, 0.25) is 17.7 Å². The summed E-state index contributed by atoms with van der Waals surface area (Å²) in [6.45, 7) is -2.56. The lowest BCUT2D eigenvalue weighted by molar-refractivity contribution is -0.386. The lowest BCUT2D eigenvalue weighted by Crippen LogP contribution is -2.70. The summed E-state index contributed by atoms with van der Waals surface area (Å²) in [7, 11) is 0. The van der Waals surface area contributed by atoms with E-state index in [-0.39, 0.29) is 0 Å². The maximum absolute atomic E-state index is 12.8. The van der Waals surface area contributed by atoms with Crippen LogP contribution in [0.25, 0.3) is 0 Å². The van der Waals surface area contributed by atoms with Crippen LogP contribution in [0.2, 0.25) is 0 Å². The molecule has 6 rings (SSSR count). The standard InChI is InChI=1S/C42H71N3O31/c1-10(51)43-19-27(59)33(16(7-49)67-37(19)65)73-42-32(64)36(25(57)18(72-42)9-66-38-20(44-11(2)52)26(58)22(54)13(4-46)68-38)75-39-21(45-12(3)53)28(60)34(17(8-50)71-39)74-41-31(63)35(24(56)15(6-48)70-41)76-40-30(62)29(61)23(55)14(5-47)69-40/h13-42,46-50,54-65H,4-9H2,1-3H3,(H,43,51)(H,44,52)(H,45,53)/t13-,14-,15-,16-,17-,18-,19-,20-,21-,22-,23+,24+,25+,26-,27-,28-,29+,30-,31-,32-,33-,34-,35+,36+,37?,38-,39+,40-,41+,42+/m1/s1. The third kappa shape index (κ3) is 13.7. The molecule has 30 atom stereocenters. The Kier molecular flexibility index (Phi) is 22.3. The molecule has 0 bridgehead atoms. The maximum atomic E-state index is 12.8. The third-order valence-electron chi connectivity index (χ3n) is 13.6. The van der Waals surface area contributed by atoms with Gasteiger partial charge < -0.3 is 155 Å². The molecule has 34 heteroatoms. The number of carbonyl (C=O) groups excluding carboxylic acids is 3. The number of amides is 3. The molecule has 6 fully saturated rings. The van der Waals surface area contributed by atoms with E-state index in [0.717, 1.165) is 20.8 Å². The van der Waals surface area contributed by atoms with Crippen molar-refractivity contribution in [3.8, 4) is 0 Å². The molecule has 20 N–H and O–H groups in total. The summed E-state index contributed by atoms with van der Waals surface area (Å²) in [6, 6.07) is -4.99. The first-order valence-electron chi connectivity index (χ1n) is 24.1. The highest BCUT2D eigenvalue weighted by molar-refractivity contribution is 5.74. The Hall–Kier alpha value is -2.71. The molecular weight excluding hydrogens is 1040 g/mol. The second kappa shape index (κ2) is 27.2. The van der Waals surface area contributed by atoms with E-state index >= 15 is 0 Å². The van der Waals surface area contributed by atoms with Crippen LogP contribution in [-0.4, -0.2) is 328 Å². The van der Waals surface area contributed by atoms with E-state index in [9.17, 15) is 101 Å². The molecule has 76 heavy (non-hydrogen) atoms. The van der Waals surface area contributed by atoms with Gasteiger partial charge in [0.1, 0.15) is 146 Å². The van der Waals surface area contributed by atoms with Crippen LogP contribution < -0.4 is 16.0 Å². The molecule has 0 aromatic rings. The van der Waals surface area contributed by atoms with Crippen molar-refractivity contribution in [2.75, 3.05) is 39.6 Å². The fraction of sp³-hybridized carbons (Fsp3) is 0.929. The number of carbonyl (C=O) groups is 3. The van der Waals surface area contributed by atoms with E-state index in [1.807, 2.05) is 0 Å². The summed E-state index contributed by atoms with van der Waals surface area (Å²) < 4.78 is 63.2. The van der Waals surface area contributed by atoms with Gasteiger partial charge in [0.05, 0.1) is 39.6 Å². The number of aliphatic hydroxyl groups is 17. The SMILES string of the molecule is CC(=O)N[C@H]1[C@H](O[C@H]2[C@@H](O)[C@@H](CO[C@@H]3O[C@H](CO)[C@@H](O)[C@H](O)[C@H]3NC(C)=O)O[C@@H](O[C@H]3[C@H](O)[C@@H](NC(C)=O)C(O)O[C@@H]3CO)[C@@H]2O)O[C@H](CO)[C@@H](O[C@@H]2O[C@H](CO)[C@H](O)[C@H](O[C@H]3O[C@H](CO)[C@H](O)[C@H](O)[C@H]3O)[C@H]2O)[C@@H]1O. The van der Waals surface area contributed by atoms with E-state index in [0.29, 0.717) is 0 Å². The molecule has 0 aromatic carbocycles. The lowest BCUT2D eigenvalue weighted by Gasteiger charge is -2.50. The van der Waals surface area contributed by atoms with Gasteiger partial charge in [-0.1, -0.05) is 0 Å². The van der Waals surface area contributed by atoms with Crippen molar-refractivity contribution >= 4 is 17.7 Å². The van der Waals surface area contributed by atoms with Gasteiger partial charge >= 0.3 is 0 Å². The van der Waals surface area contributed by atoms with Gasteiger partial charge in [-0.15, -0.1) is 0 Å². The minimum Gasteiger partial charge on any atom is -0.394 e. The van der Waals surface area contributed by atoms with Crippen LogP contribution in [0.4, 0.5) is 0 Å². The van der Waals surface area contributed by atoms with Gasteiger partial charge in [0, 0.05) is 20.8 Å². The molecule has 1 unspecified atom stereocenters. The number of rotatable bonds is 19. The minimum absolute atomic E-state index is 0.734. The number of nitrogens with one attached hydrogen (secondary N) is 3. The van der Waals surface area contributed by atoms with E-state index in [2.05, 4.69) is 16.0 Å². The summed E-state index contributed by atoms with van der Waals surface area (Å²) >= 11 is 0. The summed E-state index contributed by atoms with van der Waals surface area (Å²) in [4.78, 5) is 36.9. The highest BCUT2D eigenvalue weighted by atomic mass is 16.8. The molecule has 0 spiro atoms.